The number of carbonyl (C=O) groups excluding carboxylic acids is 1. The molecule has 0 spiro atoms. The molecule has 3 saturated heterocycles. The largest absolute Gasteiger partial charge is 0.337 e. The summed E-state index contributed by atoms with van der Waals surface area (Å²) in [4.78, 5) is 18.7. The van der Waals surface area contributed by atoms with Gasteiger partial charge >= 0.3 is 0 Å². The maximum Gasteiger partial charge on any atom is 0.233 e. The van der Waals surface area contributed by atoms with Gasteiger partial charge in [-0.2, -0.15) is 0 Å². The Morgan fingerprint density at radius 2 is 1.55 bits per heavy atom. The molecule has 5 rings (SSSR count). The monoisotopic (exact) mass is 461 g/mol. The molecule has 1 amide bonds. The second-order valence-corrected chi connectivity index (χ2v) is 8.98. The molecule has 168 valence electrons. The molecule has 1 N–H and O–H groups in total. The van der Waals surface area contributed by atoms with Crippen molar-refractivity contribution in [3.05, 3.63) is 71.8 Å². The molecule has 3 heterocycles. The Labute approximate surface area is 198 Å². The molecule has 0 aromatic heterocycles. The number of hydrogen-bond acceptors (Lipinski definition) is 3. The summed E-state index contributed by atoms with van der Waals surface area (Å²) in [6.07, 6.45) is 2.96. The van der Waals surface area contributed by atoms with E-state index in [4.69, 9.17) is 0 Å². The Morgan fingerprint density at radius 1 is 0.903 bits per heavy atom. The van der Waals surface area contributed by atoms with E-state index in [1.165, 1.54) is 11.1 Å². The van der Waals surface area contributed by atoms with E-state index in [0.29, 0.717) is 17.9 Å². The van der Waals surface area contributed by atoms with Crippen molar-refractivity contribution in [1.29, 1.82) is 0 Å². The van der Waals surface area contributed by atoms with E-state index in [0.717, 1.165) is 58.5 Å². The maximum absolute atomic E-state index is 14.0. The highest BCUT2D eigenvalue weighted by Gasteiger charge is 2.49. The van der Waals surface area contributed by atoms with E-state index in [9.17, 15) is 4.79 Å². The Hall–Kier alpha value is -1.59. The minimum atomic E-state index is -0.369. The van der Waals surface area contributed by atoms with Gasteiger partial charge in [-0.05, 0) is 49.4 Å². The van der Waals surface area contributed by atoms with Crippen LogP contribution in [0.15, 0.2) is 60.7 Å². The topological polar surface area (TPSA) is 35.6 Å². The first-order valence-electron chi connectivity index (χ1n) is 11.1. The van der Waals surface area contributed by atoms with Crippen LogP contribution in [0.2, 0.25) is 0 Å². The van der Waals surface area contributed by atoms with Gasteiger partial charge in [0.2, 0.25) is 5.91 Å². The van der Waals surface area contributed by atoms with Gasteiger partial charge in [0.25, 0.3) is 0 Å². The maximum atomic E-state index is 14.0. The van der Waals surface area contributed by atoms with E-state index in [1.54, 1.807) is 0 Å². The quantitative estimate of drug-likeness (QED) is 0.749. The van der Waals surface area contributed by atoms with Crippen LogP contribution in [0.4, 0.5) is 0 Å². The third-order valence-electron chi connectivity index (χ3n) is 7.40. The molecule has 4 nitrogen and oxygen atoms in total. The second-order valence-electron chi connectivity index (χ2n) is 8.98. The first-order valence-corrected chi connectivity index (χ1v) is 11.1. The van der Waals surface area contributed by atoms with Crippen molar-refractivity contribution in [2.75, 3.05) is 32.7 Å². The van der Waals surface area contributed by atoms with Gasteiger partial charge in [-0.25, -0.2) is 0 Å². The fourth-order valence-corrected chi connectivity index (χ4v) is 5.69. The summed E-state index contributed by atoms with van der Waals surface area (Å²) in [6, 6.07) is 21.6. The molecule has 2 aromatic carbocycles. The first-order chi connectivity index (χ1) is 14.3. The zero-order valence-corrected chi connectivity index (χ0v) is 19.5. The number of halogens is 2. The Bertz CT molecular complexity index is 840. The highest BCUT2D eigenvalue weighted by Crippen LogP contribution is 2.40. The molecule has 3 aliphatic rings. The molecule has 0 saturated carbocycles. The lowest BCUT2D eigenvalue weighted by molar-refractivity contribution is -0.140. The Balaban J connectivity index is 0.00000136. The third-order valence-corrected chi connectivity index (χ3v) is 7.40. The van der Waals surface area contributed by atoms with Crippen molar-refractivity contribution in [3.8, 4) is 0 Å². The number of nitrogens with zero attached hydrogens (tertiary/aromatic N) is 2. The van der Waals surface area contributed by atoms with E-state index in [2.05, 4.69) is 75.8 Å². The predicted octanol–water partition coefficient (Wildman–Crippen LogP) is 3.88. The van der Waals surface area contributed by atoms with Gasteiger partial charge in [-0.1, -0.05) is 60.7 Å². The number of piperidine rings is 1. The van der Waals surface area contributed by atoms with Gasteiger partial charge < -0.3 is 10.2 Å². The van der Waals surface area contributed by atoms with Gasteiger partial charge in [0, 0.05) is 32.2 Å². The lowest BCUT2D eigenvalue weighted by atomic mass is 9.71. The smallest absolute Gasteiger partial charge is 0.233 e. The molecule has 0 aliphatic carbocycles. The van der Waals surface area contributed by atoms with Crippen LogP contribution in [0.1, 0.15) is 30.4 Å². The molecular weight excluding hydrogens is 429 g/mol. The summed E-state index contributed by atoms with van der Waals surface area (Å²) in [7, 11) is 0. The van der Waals surface area contributed by atoms with Crippen LogP contribution < -0.4 is 5.32 Å². The van der Waals surface area contributed by atoms with Crippen LogP contribution in [0.5, 0.6) is 0 Å². The number of likely N-dealkylation sites (tertiary alicyclic amines) is 2. The number of benzene rings is 2. The van der Waals surface area contributed by atoms with Gasteiger partial charge in [0.15, 0.2) is 0 Å². The highest BCUT2D eigenvalue weighted by atomic mass is 35.5. The molecule has 2 atom stereocenters. The standard InChI is InChI=1S/C25H31N3O.2ClH/c29-24(28-14-11-21-17-26-18-23(21)28)25(22-9-5-2-6-10-22)12-15-27(16-13-25)19-20-7-3-1-4-8-20;;/h1-10,21,23,26H,11-19H2;2*1H/t21-,23+;;/m0../s1. The summed E-state index contributed by atoms with van der Waals surface area (Å²) in [6.45, 7) is 5.86. The minimum Gasteiger partial charge on any atom is -0.337 e. The average Bonchev–Trinajstić information content (AvgIpc) is 3.39. The number of hydrogen-bond donors (Lipinski definition) is 1. The predicted molar refractivity (Wildman–Crippen MR) is 130 cm³/mol. The van der Waals surface area contributed by atoms with Gasteiger partial charge in [-0.15, -0.1) is 24.8 Å². The lowest BCUT2D eigenvalue weighted by Gasteiger charge is -2.44. The van der Waals surface area contributed by atoms with Crippen molar-refractivity contribution in [1.82, 2.24) is 15.1 Å². The van der Waals surface area contributed by atoms with Gasteiger partial charge in [0.1, 0.15) is 0 Å². The number of rotatable bonds is 4. The Morgan fingerprint density at radius 3 is 2.23 bits per heavy atom. The molecule has 0 unspecified atom stereocenters. The molecule has 0 bridgehead atoms. The van der Waals surface area contributed by atoms with Crippen LogP contribution >= 0.6 is 24.8 Å². The van der Waals surface area contributed by atoms with E-state index in [1.807, 2.05) is 0 Å². The molecule has 3 aliphatic heterocycles. The second kappa shape index (κ2) is 10.4. The zero-order valence-electron chi connectivity index (χ0n) is 17.9. The third kappa shape index (κ3) is 4.63. The van der Waals surface area contributed by atoms with Gasteiger partial charge in [0.05, 0.1) is 5.41 Å². The summed E-state index contributed by atoms with van der Waals surface area (Å²) >= 11 is 0. The van der Waals surface area contributed by atoms with Crippen LogP contribution in [-0.2, 0) is 16.8 Å². The van der Waals surface area contributed by atoms with Crippen molar-refractivity contribution in [3.63, 3.8) is 0 Å². The van der Waals surface area contributed by atoms with Crippen LogP contribution in [0.3, 0.4) is 0 Å². The summed E-state index contributed by atoms with van der Waals surface area (Å²) < 4.78 is 0. The van der Waals surface area contributed by atoms with Crippen molar-refractivity contribution < 1.29 is 4.79 Å². The minimum absolute atomic E-state index is 0. The SMILES string of the molecule is Cl.Cl.O=C(N1CC[C@H]2CNC[C@H]21)C1(c2ccccc2)CCN(Cc2ccccc2)CC1. The zero-order chi connectivity index (χ0) is 19.7. The summed E-state index contributed by atoms with van der Waals surface area (Å²) in [5, 5.41) is 3.50. The average molecular weight is 462 g/mol. The van der Waals surface area contributed by atoms with Crippen LogP contribution in [0, 0.1) is 5.92 Å². The summed E-state index contributed by atoms with van der Waals surface area (Å²) in [5.41, 5.74) is 2.19. The molecule has 3 fully saturated rings. The molecule has 6 heteroatoms. The molecule has 0 radical (unpaired) electrons. The first kappa shape index (κ1) is 24.1. The fourth-order valence-electron chi connectivity index (χ4n) is 5.69. The number of amides is 1. The van der Waals surface area contributed by atoms with Crippen molar-refractivity contribution in [2.45, 2.75) is 37.3 Å². The normalized spacial score (nSPS) is 24.7. The van der Waals surface area contributed by atoms with E-state index >= 15 is 0 Å². The number of nitrogens with one attached hydrogen (secondary N) is 1. The summed E-state index contributed by atoms with van der Waals surface area (Å²) in [5.74, 6) is 1.02. The van der Waals surface area contributed by atoms with E-state index in [-0.39, 0.29) is 30.2 Å². The Kier molecular flexibility index (Phi) is 8.03. The highest BCUT2D eigenvalue weighted by molar-refractivity contribution is 5.89. The van der Waals surface area contributed by atoms with Crippen molar-refractivity contribution >= 4 is 30.7 Å². The lowest BCUT2D eigenvalue weighted by Crippen LogP contribution is -2.54. The van der Waals surface area contributed by atoms with Crippen LogP contribution in [0.25, 0.3) is 0 Å². The number of fused-ring (bicyclic) bond motifs is 1. The van der Waals surface area contributed by atoms with Crippen LogP contribution in [-0.4, -0.2) is 54.5 Å². The molecular formula is C25H33Cl2N3O. The fraction of sp³-hybridized carbons (Fsp3) is 0.480. The van der Waals surface area contributed by atoms with E-state index < -0.39 is 0 Å². The molecule has 2 aromatic rings. The molecule has 31 heavy (non-hydrogen) atoms. The van der Waals surface area contributed by atoms with Crippen molar-refractivity contribution in [2.24, 2.45) is 5.92 Å². The van der Waals surface area contributed by atoms with Gasteiger partial charge in [-0.3, -0.25) is 9.69 Å². The number of carbonyl (C=O) groups is 1.